The molecule has 0 aliphatic carbocycles. The van der Waals surface area contributed by atoms with Crippen LogP contribution in [-0.4, -0.2) is 47.6 Å². The van der Waals surface area contributed by atoms with Crippen LogP contribution >= 0.6 is 22.9 Å². The lowest BCUT2D eigenvalue weighted by molar-refractivity contribution is 0.0631. The van der Waals surface area contributed by atoms with Gasteiger partial charge in [0.25, 0.3) is 12.3 Å². The van der Waals surface area contributed by atoms with Gasteiger partial charge in [0.15, 0.2) is 0 Å². The predicted octanol–water partition coefficient (Wildman–Crippen LogP) is 4.44. The molecule has 14 heteroatoms. The number of nitrogens with two attached hydrogens (primary N) is 2. The lowest BCUT2D eigenvalue weighted by Crippen LogP contribution is -2.46. The maximum atomic E-state index is 14.3. The molecule has 208 valence electrons. The molecule has 1 aromatic heterocycles. The highest BCUT2D eigenvalue weighted by molar-refractivity contribution is 7.09. The minimum atomic E-state index is -2.79. The summed E-state index contributed by atoms with van der Waals surface area (Å²) in [6.45, 7) is 0.830. The van der Waals surface area contributed by atoms with E-state index in [9.17, 15) is 18.0 Å². The number of para-hydroxylation sites is 1. The summed E-state index contributed by atoms with van der Waals surface area (Å²) in [5, 5.41) is 7.53. The fourth-order valence-corrected chi connectivity index (χ4v) is 5.54. The molecule has 1 aliphatic heterocycles. The third kappa shape index (κ3) is 6.79. The van der Waals surface area contributed by atoms with E-state index < -0.39 is 24.2 Å². The number of hydrogen-bond donors (Lipinski definition) is 3. The third-order valence-corrected chi connectivity index (χ3v) is 7.58. The number of nitrogens with zero attached hydrogens (tertiary/aromatic N) is 4. The second-order valence-corrected chi connectivity index (χ2v) is 9.99. The molecule has 3 aromatic rings. The molecule has 2 aromatic carbocycles. The fraction of sp³-hybridized carbons (Fsp3) is 0.320. The van der Waals surface area contributed by atoms with Gasteiger partial charge in [0.1, 0.15) is 17.6 Å². The number of carbonyl (C=O) groups excluding carboxylic acids is 1. The second kappa shape index (κ2) is 13.1. The first-order chi connectivity index (χ1) is 18.8. The molecule has 5 N–H and O–H groups in total. The summed E-state index contributed by atoms with van der Waals surface area (Å²) >= 11 is 7.10. The number of aromatic nitrogens is 1. The average molecular weight is 582 g/mol. The minimum absolute atomic E-state index is 0.0349. The van der Waals surface area contributed by atoms with Crippen molar-refractivity contribution in [2.45, 2.75) is 31.4 Å². The summed E-state index contributed by atoms with van der Waals surface area (Å²) in [4.78, 5) is 18.9. The number of alkyl halides is 2. The summed E-state index contributed by atoms with van der Waals surface area (Å²) in [5.41, 5.74) is 1.33. The molecule has 1 fully saturated rings. The molecule has 0 bridgehead atoms. The van der Waals surface area contributed by atoms with Crippen LogP contribution in [0.2, 0.25) is 5.02 Å². The molecular formula is C25H27ClF3N7O2S. The predicted molar refractivity (Wildman–Crippen MR) is 144 cm³/mol. The summed E-state index contributed by atoms with van der Waals surface area (Å²) in [7, 11) is 0. The number of amides is 1. The number of ether oxygens (including phenoxy) is 1. The number of benzene rings is 2. The number of amidine groups is 1. The van der Waals surface area contributed by atoms with Gasteiger partial charge in [0, 0.05) is 19.6 Å². The first-order valence-electron chi connectivity index (χ1n) is 12.0. The zero-order valence-corrected chi connectivity index (χ0v) is 22.2. The van der Waals surface area contributed by atoms with Crippen LogP contribution in [0.25, 0.3) is 0 Å². The summed E-state index contributed by atoms with van der Waals surface area (Å²) in [6.07, 6.45) is -2.06. The van der Waals surface area contributed by atoms with E-state index in [1.165, 1.54) is 22.7 Å². The number of halogens is 4. The van der Waals surface area contributed by atoms with Crippen LogP contribution in [0.3, 0.4) is 0 Å². The normalized spacial score (nSPS) is 15.8. The number of hydrogen-bond acceptors (Lipinski definition) is 8. The molecule has 39 heavy (non-hydrogen) atoms. The zero-order valence-electron chi connectivity index (χ0n) is 20.6. The molecule has 1 saturated heterocycles. The Morgan fingerprint density at radius 2 is 1.95 bits per heavy atom. The Balaban J connectivity index is 1.45. The van der Waals surface area contributed by atoms with Crippen LogP contribution < -0.4 is 22.0 Å². The van der Waals surface area contributed by atoms with Gasteiger partial charge in [0.2, 0.25) is 0 Å². The van der Waals surface area contributed by atoms with Gasteiger partial charge in [-0.25, -0.2) is 29.0 Å². The number of hydrazine groups is 1. The maximum absolute atomic E-state index is 14.3. The number of hydrazone groups is 1. The summed E-state index contributed by atoms with van der Waals surface area (Å²) in [6, 6.07) is 12.4. The van der Waals surface area contributed by atoms with Crippen LogP contribution in [0.4, 0.5) is 18.9 Å². The monoisotopic (exact) mass is 581 g/mol. The van der Waals surface area contributed by atoms with Crippen molar-refractivity contribution in [3.63, 3.8) is 0 Å². The SMILES string of the molecule is N/N=C(/OC1CCN(C(CNC(=O)c2c(F)cccc2Cl)c2scnc2C(F)F)CC1)N(N)c1ccccc1. The third-order valence-electron chi connectivity index (χ3n) is 6.32. The lowest BCUT2D eigenvalue weighted by atomic mass is 10.0. The summed E-state index contributed by atoms with van der Waals surface area (Å²) in [5.74, 6) is 10.1. The number of likely N-dealkylation sites (tertiary alicyclic amines) is 1. The van der Waals surface area contributed by atoms with Gasteiger partial charge in [-0.05, 0) is 37.1 Å². The van der Waals surface area contributed by atoms with Crippen molar-refractivity contribution in [2.24, 2.45) is 16.8 Å². The molecule has 1 atom stereocenters. The standard InChI is InChI=1S/C25H27ClF3N7O2S/c26-17-7-4-8-18(27)20(17)24(37)32-13-19(22-21(23(28)29)33-14-39-22)35-11-9-16(10-12-35)38-25(34-30)36(31)15-5-2-1-3-6-15/h1-8,14,16,19,23H,9-13,30-31H2,(H,32,37)/b34-25+. The Labute approximate surface area is 232 Å². The van der Waals surface area contributed by atoms with Gasteiger partial charge in [-0.3, -0.25) is 9.69 Å². The quantitative estimate of drug-likeness (QED) is 0.156. The van der Waals surface area contributed by atoms with Crippen LogP contribution in [0.5, 0.6) is 0 Å². The molecule has 1 unspecified atom stereocenters. The van der Waals surface area contributed by atoms with E-state index in [0.717, 1.165) is 17.4 Å². The van der Waals surface area contributed by atoms with Crippen LogP contribution in [0.1, 0.15) is 46.2 Å². The van der Waals surface area contributed by atoms with Crippen molar-refractivity contribution in [3.05, 3.63) is 81.0 Å². The number of carbonyl (C=O) groups is 1. The van der Waals surface area contributed by atoms with Crippen LogP contribution in [0, 0.1) is 5.82 Å². The van der Waals surface area contributed by atoms with Gasteiger partial charge in [-0.2, -0.15) is 0 Å². The molecule has 1 amide bonds. The number of nitrogens with one attached hydrogen (secondary N) is 1. The molecule has 0 radical (unpaired) electrons. The van der Waals surface area contributed by atoms with Gasteiger partial charge >= 0.3 is 6.02 Å². The topological polar surface area (TPSA) is 122 Å². The Morgan fingerprint density at radius 1 is 1.23 bits per heavy atom. The second-order valence-electron chi connectivity index (χ2n) is 8.70. The van der Waals surface area contributed by atoms with E-state index in [2.05, 4.69) is 15.4 Å². The minimum Gasteiger partial charge on any atom is -0.459 e. The van der Waals surface area contributed by atoms with Crippen LogP contribution in [-0.2, 0) is 4.74 Å². The highest BCUT2D eigenvalue weighted by atomic mass is 35.5. The molecule has 1 aliphatic rings. The molecule has 4 rings (SSSR count). The van der Waals surface area contributed by atoms with Crippen molar-refractivity contribution < 1.29 is 22.7 Å². The van der Waals surface area contributed by atoms with Gasteiger partial charge in [0.05, 0.1) is 32.7 Å². The van der Waals surface area contributed by atoms with Crippen molar-refractivity contribution in [2.75, 3.05) is 24.6 Å². The fourth-order valence-electron chi connectivity index (χ4n) is 4.36. The van der Waals surface area contributed by atoms with Crippen molar-refractivity contribution in [1.82, 2.24) is 15.2 Å². The number of anilines is 1. The van der Waals surface area contributed by atoms with E-state index in [-0.39, 0.29) is 35.0 Å². The van der Waals surface area contributed by atoms with Crippen LogP contribution in [0.15, 0.2) is 59.1 Å². The Bertz CT molecular complexity index is 1270. The first-order valence-corrected chi connectivity index (χ1v) is 13.3. The maximum Gasteiger partial charge on any atom is 0.328 e. The highest BCUT2D eigenvalue weighted by Gasteiger charge is 2.33. The Kier molecular flexibility index (Phi) is 9.62. The van der Waals surface area contributed by atoms with E-state index in [1.54, 1.807) is 12.1 Å². The van der Waals surface area contributed by atoms with E-state index in [1.807, 2.05) is 23.1 Å². The smallest absolute Gasteiger partial charge is 0.328 e. The number of piperidine rings is 1. The number of rotatable bonds is 8. The average Bonchev–Trinajstić information content (AvgIpc) is 3.43. The van der Waals surface area contributed by atoms with E-state index in [0.29, 0.717) is 36.5 Å². The Morgan fingerprint density at radius 3 is 2.59 bits per heavy atom. The van der Waals surface area contributed by atoms with Crippen molar-refractivity contribution in [1.29, 1.82) is 0 Å². The van der Waals surface area contributed by atoms with Crippen molar-refractivity contribution in [3.8, 4) is 0 Å². The van der Waals surface area contributed by atoms with Crippen molar-refractivity contribution >= 4 is 40.6 Å². The molecule has 9 nitrogen and oxygen atoms in total. The molecule has 0 spiro atoms. The highest BCUT2D eigenvalue weighted by Crippen LogP contribution is 2.34. The van der Waals surface area contributed by atoms with Gasteiger partial charge in [-0.1, -0.05) is 35.9 Å². The van der Waals surface area contributed by atoms with E-state index >= 15 is 0 Å². The zero-order chi connectivity index (χ0) is 27.9. The largest absolute Gasteiger partial charge is 0.459 e. The summed E-state index contributed by atoms with van der Waals surface area (Å²) < 4.78 is 47.7. The first kappa shape index (κ1) is 28.6. The van der Waals surface area contributed by atoms with E-state index in [4.69, 9.17) is 28.0 Å². The van der Waals surface area contributed by atoms with Gasteiger partial charge in [-0.15, -0.1) is 16.4 Å². The Hall–Kier alpha value is -3.39. The number of thiazole rings is 1. The molecule has 0 saturated carbocycles. The molecule has 2 heterocycles. The lowest BCUT2D eigenvalue weighted by Gasteiger charge is -2.38. The molecular weight excluding hydrogens is 555 g/mol. The van der Waals surface area contributed by atoms with Gasteiger partial charge < -0.3 is 15.9 Å².